The molecule has 0 saturated heterocycles. The Labute approximate surface area is 128 Å². The van der Waals surface area contributed by atoms with E-state index in [0.29, 0.717) is 5.56 Å². The number of hydrogen-bond donors (Lipinski definition) is 2. The number of ether oxygens (including phenoxy) is 2. The molecule has 1 unspecified atom stereocenters. The van der Waals surface area contributed by atoms with Crippen molar-refractivity contribution in [2.24, 2.45) is 11.7 Å². The van der Waals surface area contributed by atoms with Gasteiger partial charge in [0, 0.05) is 13.6 Å². The number of rotatable bonds is 5. The summed E-state index contributed by atoms with van der Waals surface area (Å²) < 4.78 is 10.3. The molecular weight excluding hydrogens is 296 g/mol. The van der Waals surface area contributed by atoms with Gasteiger partial charge >= 0.3 is 12.1 Å². The maximum absolute atomic E-state index is 11.7. The predicted molar refractivity (Wildman–Crippen MR) is 79.6 cm³/mol. The molecule has 6 nitrogen and oxygen atoms in total. The van der Waals surface area contributed by atoms with E-state index in [-0.39, 0.29) is 24.0 Å². The first-order valence-electron chi connectivity index (χ1n) is 6.48. The second kappa shape index (κ2) is 7.85. The Morgan fingerprint density at radius 3 is 2.48 bits per heavy atom. The number of halogens is 1. The molecule has 0 bridgehead atoms. The van der Waals surface area contributed by atoms with Crippen molar-refractivity contribution in [1.29, 1.82) is 0 Å². The van der Waals surface area contributed by atoms with Gasteiger partial charge in [-0.1, -0.05) is 19.9 Å². The maximum atomic E-state index is 11.7. The minimum absolute atomic E-state index is 0.132. The molecule has 21 heavy (non-hydrogen) atoms. The van der Waals surface area contributed by atoms with Gasteiger partial charge in [0.1, 0.15) is 0 Å². The van der Waals surface area contributed by atoms with E-state index in [9.17, 15) is 9.59 Å². The van der Waals surface area contributed by atoms with Crippen LogP contribution in [0.25, 0.3) is 0 Å². The van der Waals surface area contributed by atoms with Crippen molar-refractivity contribution in [3.05, 3.63) is 23.8 Å². The van der Waals surface area contributed by atoms with Gasteiger partial charge in [0.15, 0.2) is 11.5 Å². The second-order valence-electron chi connectivity index (χ2n) is 4.62. The van der Waals surface area contributed by atoms with E-state index in [4.69, 9.17) is 26.8 Å². The van der Waals surface area contributed by atoms with E-state index in [1.165, 1.54) is 13.1 Å². The van der Waals surface area contributed by atoms with Crippen LogP contribution in [-0.2, 0) is 4.79 Å². The number of nitrogens with two attached hydrogens (primary N) is 1. The van der Waals surface area contributed by atoms with Crippen molar-refractivity contribution >= 4 is 23.7 Å². The lowest BCUT2D eigenvalue weighted by Gasteiger charge is -2.14. The van der Waals surface area contributed by atoms with Gasteiger partial charge in [0.05, 0.1) is 11.3 Å². The topological polar surface area (TPSA) is 90.7 Å². The van der Waals surface area contributed by atoms with Gasteiger partial charge in [-0.15, -0.1) is 11.6 Å². The maximum Gasteiger partial charge on any atom is 0.412 e. The number of carbonyl (C=O) groups excluding carboxylic acids is 2. The number of esters is 1. The summed E-state index contributed by atoms with van der Waals surface area (Å²) in [6.07, 6.45) is -0.661. The van der Waals surface area contributed by atoms with Crippen LogP contribution in [0.15, 0.2) is 18.2 Å². The Morgan fingerprint density at radius 2 is 1.95 bits per heavy atom. The first kappa shape index (κ1) is 17.3. The fourth-order valence-corrected chi connectivity index (χ4v) is 1.53. The van der Waals surface area contributed by atoms with Crippen molar-refractivity contribution in [1.82, 2.24) is 5.32 Å². The fraction of sp³-hybridized carbons (Fsp3) is 0.429. The molecule has 0 heterocycles. The van der Waals surface area contributed by atoms with E-state index in [0.717, 1.165) is 0 Å². The standard InChI is InChI=1S/C14H19ClN2O4/c1-8(2)13(18)20-12-6-9(10(15)7-16)4-5-11(12)21-14(19)17-3/h4-6,8,10H,7,16H2,1-3H3,(H,17,19). The number of alkyl halides is 1. The molecule has 0 aliphatic carbocycles. The van der Waals surface area contributed by atoms with Gasteiger partial charge in [-0.2, -0.15) is 0 Å². The molecule has 0 saturated carbocycles. The third-order valence-corrected chi connectivity index (χ3v) is 3.06. The van der Waals surface area contributed by atoms with Gasteiger partial charge in [0.2, 0.25) is 0 Å². The highest BCUT2D eigenvalue weighted by molar-refractivity contribution is 6.21. The highest BCUT2D eigenvalue weighted by atomic mass is 35.5. The van der Waals surface area contributed by atoms with Gasteiger partial charge < -0.3 is 20.5 Å². The van der Waals surface area contributed by atoms with E-state index < -0.39 is 17.4 Å². The van der Waals surface area contributed by atoms with Crippen molar-refractivity contribution in [3.8, 4) is 11.5 Å². The number of benzene rings is 1. The molecule has 7 heteroatoms. The molecule has 1 atom stereocenters. The molecule has 0 fully saturated rings. The smallest absolute Gasteiger partial charge is 0.412 e. The van der Waals surface area contributed by atoms with E-state index >= 15 is 0 Å². The summed E-state index contributed by atoms with van der Waals surface area (Å²) in [4.78, 5) is 23.0. The van der Waals surface area contributed by atoms with Crippen LogP contribution in [0.5, 0.6) is 11.5 Å². The van der Waals surface area contributed by atoms with Crippen LogP contribution in [0.1, 0.15) is 24.8 Å². The minimum Gasteiger partial charge on any atom is -0.422 e. The average Bonchev–Trinajstić information content (AvgIpc) is 2.47. The largest absolute Gasteiger partial charge is 0.422 e. The van der Waals surface area contributed by atoms with Gasteiger partial charge in [-0.05, 0) is 17.7 Å². The molecule has 0 aliphatic heterocycles. The van der Waals surface area contributed by atoms with Gasteiger partial charge in [0.25, 0.3) is 0 Å². The number of amides is 1. The minimum atomic E-state index is -0.661. The molecule has 116 valence electrons. The molecule has 1 rings (SSSR count). The van der Waals surface area contributed by atoms with E-state index in [1.54, 1.807) is 26.0 Å². The first-order valence-corrected chi connectivity index (χ1v) is 6.92. The summed E-state index contributed by atoms with van der Waals surface area (Å²) in [6, 6.07) is 4.72. The molecule has 1 aromatic carbocycles. The molecule has 0 aromatic heterocycles. The van der Waals surface area contributed by atoms with Crippen molar-refractivity contribution in [2.75, 3.05) is 13.6 Å². The molecule has 0 radical (unpaired) electrons. The zero-order valence-electron chi connectivity index (χ0n) is 12.2. The number of hydrogen-bond acceptors (Lipinski definition) is 5. The molecule has 0 spiro atoms. The zero-order chi connectivity index (χ0) is 16.0. The summed E-state index contributed by atoms with van der Waals surface area (Å²) >= 11 is 6.06. The second-order valence-corrected chi connectivity index (χ2v) is 5.15. The van der Waals surface area contributed by atoms with Crippen LogP contribution in [0.4, 0.5) is 4.79 Å². The summed E-state index contributed by atoms with van der Waals surface area (Å²) in [7, 11) is 1.43. The zero-order valence-corrected chi connectivity index (χ0v) is 12.9. The Bertz CT molecular complexity index is 520. The highest BCUT2D eigenvalue weighted by Gasteiger charge is 2.18. The lowest BCUT2D eigenvalue weighted by atomic mass is 10.1. The Morgan fingerprint density at radius 1 is 1.29 bits per heavy atom. The normalized spacial score (nSPS) is 11.9. The van der Waals surface area contributed by atoms with Crippen molar-refractivity contribution in [3.63, 3.8) is 0 Å². The molecule has 3 N–H and O–H groups in total. The lowest BCUT2D eigenvalue weighted by molar-refractivity contribution is -0.137. The monoisotopic (exact) mass is 314 g/mol. The molecule has 1 amide bonds. The average molecular weight is 315 g/mol. The molecular formula is C14H19ClN2O4. The fourth-order valence-electron chi connectivity index (χ4n) is 1.40. The third kappa shape index (κ3) is 4.91. The van der Waals surface area contributed by atoms with Crippen molar-refractivity contribution < 1.29 is 19.1 Å². The SMILES string of the molecule is CNC(=O)Oc1ccc(C(Cl)CN)cc1OC(=O)C(C)C. The van der Waals surface area contributed by atoms with Crippen LogP contribution >= 0.6 is 11.6 Å². The van der Waals surface area contributed by atoms with Crippen LogP contribution in [0.3, 0.4) is 0 Å². The van der Waals surface area contributed by atoms with Gasteiger partial charge in [-0.3, -0.25) is 4.79 Å². The summed E-state index contributed by atoms with van der Waals surface area (Å²) in [5.74, 6) is -0.488. The summed E-state index contributed by atoms with van der Waals surface area (Å²) in [5, 5.41) is 1.90. The van der Waals surface area contributed by atoms with Gasteiger partial charge in [-0.25, -0.2) is 4.79 Å². The van der Waals surface area contributed by atoms with Crippen LogP contribution < -0.4 is 20.5 Å². The summed E-state index contributed by atoms with van der Waals surface area (Å²) in [5.41, 5.74) is 6.18. The van der Waals surface area contributed by atoms with E-state index in [1.807, 2.05) is 0 Å². The molecule has 1 aromatic rings. The number of carbonyl (C=O) groups is 2. The molecule has 0 aliphatic rings. The Balaban J connectivity index is 3.11. The van der Waals surface area contributed by atoms with E-state index in [2.05, 4.69) is 5.32 Å². The van der Waals surface area contributed by atoms with Crippen molar-refractivity contribution in [2.45, 2.75) is 19.2 Å². The third-order valence-electron chi connectivity index (χ3n) is 2.63. The quantitative estimate of drug-likeness (QED) is 0.494. The Hall–Kier alpha value is -1.79. The highest BCUT2D eigenvalue weighted by Crippen LogP contribution is 2.32. The van der Waals surface area contributed by atoms with Crippen LogP contribution in [0.2, 0.25) is 0 Å². The first-order chi connectivity index (χ1) is 9.88. The predicted octanol–water partition coefficient (Wildman–Crippen LogP) is 2.20. The summed E-state index contributed by atoms with van der Waals surface area (Å²) in [6.45, 7) is 3.64. The Kier molecular flexibility index (Phi) is 6.45. The van der Waals surface area contributed by atoms with Crippen LogP contribution in [-0.4, -0.2) is 25.7 Å². The lowest BCUT2D eigenvalue weighted by Crippen LogP contribution is -2.23. The van der Waals surface area contributed by atoms with Crippen LogP contribution in [0, 0.1) is 5.92 Å². The number of nitrogens with one attached hydrogen (secondary N) is 1.